The maximum atomic E-state index is 12.1. The van der Waals surface area contributed by atoms with Gasteiger partial charge in [-0.2, -0.15) is 0 Å². The molecular weight excluding hydrogens is 352 g/mol. The predicted molar refractivity (Wildman–Crippen MR) is 87.8 cm³/mol. The summed E-state index contributed by atoms with van der Waals surface area (Å²) in [6, 6.07) is 7.53. The van der Waals surface area contributed by atoms with E-state index in [0.29, 0.717) is 5.13 Å². The number of nitrogens with zero attached hydrogens (tertiary/aromatic N) is 2. The van der Waals surface area contributed by atoms with E-state index >= 15 is 0 Å². The SMILES string of the molecule is CC[C@H](C)[C@@H]([NH3+])C(=O)Nc1nnc(-c2ccc(Br)cc2)s1. The van der Waals surface area contributed by atoms with Crippen LogP contribution in [0.15, 0.2) is 28.7 Å². The highest BCUT2D eigenvalue weighted by Gasteiger charge is 2.24. The lowest BCUT2D eigenvalue weighted by molar-refractivity contribution is -0.414. The molecule has 0 aliphatic heterocycles. The number of carbonyl (C=O) groups is 1. The van der Waals surface area contributed by atoms with Gasteiger partial charge < -0.3 is 5.73 Å². The number of amides is 1. The summed E-state index contributed by atoms with van der Waals surface area (Å²) in [6.45, 7) is 4.07. The third-order valence-electron chi connectivity index (χ3n) is 3.41. The van der Waals surface area contributed by atoms with Gasteiger partial charge >= 0.3 is 0 Å². The van der Waals surface area contributed by atoms with Crippen LogP contribution in [0.25, 0.3) is 10.6 Å². The molecule has 0 fully saturated rings. The minimum Gasteiger partial charge on any atom is -0.347 e. The van der Waals surface area contributed by atoms with Gasteiger partial charge in [-0.3, -0.25) is 10.1 Å². The topological polar surface area (TPSA) is 82.5 Å². The van der Waals surface area contributed by atoms with E-state index in [-0.39, 0.29) is 17.9 Å². The van der Waals surface area contributed by atoms with Crippen molar-refractivity contribution in [2.24, 2.45) is 5.92 Å². The number of quaternary nitrogens is 1. The number of rotatable bonds is 5. The van der Waals surface area contributed by atoms with E-state index in [9.17, 15) is 4.79 Å². The molecule has 21 heavy (non-hydrogen) atoms. The summed E-state index contributed by atoms with van der Waals surface area (Å²) in [5.74, 6) is 0.131. The second-order valence-electron chi connectivity index (χ2n) is 4.90. The molecule has 0 radical (unpaired) electrons. The van der Waals surface area contributed by atoms with Gasteiger partial charge in [0.2, 0.25) is 5.13 Å². The van der Waals surface area contributed by atoms with Gasteiger partial charge in [-0.15, -0.1) is 10.2 Å². The molecule has 112 valence electrons. The van der Waals surface area contributed by atoms with Gasteiger partial charge in [0.05, 0.1) is 0 Å². The predicted octanol–water partition coefficient (Wildman–Crippen LogP) is 2.56. The van der Waals surface area contributed by atoms with Crippen molar-refractivity contribution >= 4 is 38.3 Å². The van der Waals surface area contributed by atoms with Crippen LogP contribution < -0.4 is 11.1 Å². The largest absolute Gasteiger partial charge is 0.347 e. The summed E-state index contributed by atoms with van der Waals surface area (Å²) < 4.78 is 1.01. The monoisotopic (exact) mass is 369 g/mol. The van der Waals surface area contributed by atoms with Crippen molar-refractivity contribution in [1.82, 2.24) is 10.2 Å². The van der Waals surface area contributed by atoms with E-state index in [1.54, 1.807) is 0 Å². The minimum atomic E-state index is -0.282. The normalized spacial score (nSPS) is 13.7. The molecule has 1 aromatic heterocycles. The van der Waals surface area contributed by atoms with Crippen molar-refractivity contribution in [3.63, 3.8) is 0 Å². The number of hydrogen-bond acceptors (Lipinski definition) is 4. The highest BCUT2D eigenvalue weighted by atomic mass is 79.9. The Morgan fingerprint density at radius 2 is 2.05 bits per heavy atom. The molecule has 2 atom stereocenters. The fourth-order valence-electron chi connectivity index (χ4n) is 1.72. The van der Waals surface area contributed by atoms with Crippen molar-refractivity contribution in [3.05, 3.63) is 28.7 Å². The molecule has 2 rings (SSSR count). The van der Waals surface area contributed by atoms with Crippen molar-refractivity contribution in [2.75, 3.05) is 5.32 Å². The Labute approximate surface area is 136 Å². The van der Waals surface area contributed by atoms with Crippen molar-refractivity contribution in [2.45, 2.75) is 26.3 Å². The number of hydrogen-bond donors (Lipinski definition) is 2. The van der Waals surface area contributed by atoms with Gasteiger partial charge in [0.15, 0.2) is 6.04 Å². The van der Waals surface area contributed by atoms with Crippen LogP contribution in [0.2, 0.25) is 0 Å². The van der Waals surface area contributed by atoms with Gasteiger partial charge in [0.25, 0.3) is 5.91 Å². The fraction of sp³-hybridized carbons (Fsp3) is 0.357. The molecule has 0 saturated heterocycles. The summed E-state index contributed by atoms with van der Waals surface area (Å²) in [7, 11) is 0. The Balaban J connectivity index is 2.06. The summed E-state index contributed by atoms with van der Waals surface area (Å²) in [4.78, 5) is 12.1. The second kappa shape index (κ2) is 7.11. The highest BCUT2D eigenvalue weighted by Crippen LogP contribution is 2.27. The summed E-state index contributed by atoms with van der Waals surface area (Å²) in [5.41, 5.74) is 4.89. The smallest absolute Gasteiger partial charge is 0.284 e. The molecule has 0 spiro atoms. The van der Waals surface area contributed by atoms with E-state index in [1.165, 1.54) is 11.3 Å². The van der Waals surface area contributed by atoms with Crippen molar-refractivity contribution in [1.29, 1.82) is 0 Å². The Bertz CT molecular complexity index is 614. The zero-order valence-corrected chi connectivity index (χ0v) is 14.4. The van der Waals surface area contributed by atoms with Crippen LogP contribution in [0.3, 0.4) is 0 Å². The maximum Gasteiger partial charge on any atom is 0.284 e. The number of carbonyl (C=O) groups excluding carboxylic acids is 1. The maximum absolute atomic E-state index is 12.1. The van der Waals surface area contributed by atoms with Gasteiger partial charge in [-0.25, -0.2) is 0 Å². The molecule has 0 unspecified atom stereocenters. The molecule has 0 bridgehead atoms. The quantitative estimate of drug-likeness (QED) is 0.849. The summed E-state index contributed by atoms with van der Waals surface area (Å²) >= 11 is 4.76. The third kappa shape index (κ3) is 4.09. The first kappa shape index (κ1) is 16.1. The van der Waals surface area contributed by atoms with E-state index in [1.807, 2.05) is 38.1 Å². The zero-order chi connectivity index (χ0) is 15.4. The Kier molecular flexibility index (Phi) is 5.44. The van der Waals surface area contributed by atoms with E-state index in [2.05, 4.69) is 37.2 Å². The number of nitrogens with one attached hydrogen (secondary N) is 1. The first-order valence-corrected chi connectivity index (χ1v) is 8.35. The number of anilines is 1. The second-order valence-corrected chi connectivity index (χ2v) is 6.79. The highest BCUT2D eigenvalue weighted by molar-refractivity contribution is 9.10. The van der Waals surface area contributed by atoms with Crippen LogP contribution in [0.4, 0.5) is 5.13 Å². The first-order chi connectivity index (χ1) is 10.0. The van der Waals surface area contributed by atoms with Crippen molar-refractivity contribution < 1.29 is 10.5 Å². The lowest BCUT2D eigenvalue weighted by atomic mass is 10.00. The minimum absolute atomic E-state index is 0.108. The van der Waals surface area contributed by atoms with Crippen LogP contribution in [0.5, 0.6) is 0 Å². The molecule has 4 N–H and O–H groups in total. The van der Waals surface area contributed by atoms with E-state index in [0.717, 1.165) is 21.5 Å². The van der Waals surface area contributed by atoms with Gasteiger partial charge in [0.1, 0.15) is 5.01 Å². The Hall–Kier alpha value is -1.31. The molecule has 0 aliphatic rings. The van der Waals surface area contributed by atoms with Crippen LogP contribution in [0.1, 0.15) is 20.3 Å². The van der Waals surface area contributed by atoms with Crippen LogP contribution >= 0.6 is 27.3 Å². The lowest BCUT2D eigenvalue weighted by Crippen LogP contribution is -2.69. The van der Waals surface area contributed by atoms with Crippen LogP contribution in [0, 0.1) is 5.92 Å². The molecular formula is C14H18BrN4OS+. The zero-order valence-electron chi connectivity index (χ0n) is 12.0. The summed E-state index contributed by atoms with van der Waals surface area (Å²) in [6.07, 6.45) is 0.919. The number of aromatic nitrogens is 2. The molecule has 7 heteroatoms. The van der Waals surface area contributed by atoms with Gasteiger partial charge in [-0.05, 0) is 18.6 Å². The third-order valence-corrected chi connectivity index (χ3v) is 4.83. The van der Waals surface area contributed by atoms with Crippen molar-refractivity contribution in [3.8, 4) is 10.6 Å². The molecule has 2 aromatic rings. The molecule has 5 nitrogen and oxygen atoms in total. The Morgan fingerprint density at radius 3 is 2.67 bits per heavy atom. The van der Waals surface area contributed by atoms with E-state index < -0.39 is 0 Å². The Morgan fingerprint density at radius 1 is 1.38 bits per heavy atom. The van der Waals surface area contributed by atoms with Crippen LogP contribution in [-0.2, 0) is 4.79 Å². The number of benzene rings is 1. The summed E-state index contributed by atoms with van der Waals surface area (Å²) in [5, 5.41) is 12.2. The molecule has 0 aliphatic carbocycles. The number of halogens is 1. The average Bonchev–Trinajstić information content (AvgIpc) is 2.94. The van der Waals surface area contributed by atoms with Gasteiger partial charge in [-0.1, -0.05) is 53.2 Å². The first-order valence-electron chi connectivity index (χ1n) is 6.74. The standard InChI is InChI=1S/C14H17BrN4OS/c1-3-8(2)11(16)12(20)17-14-19-18-13(21-14)9-4-6-10(15)7-5-9/h4-8,11H,3,16H2,1-2H3,(H,17,19,20)/p+1/t8-,11+/m0/s1. The molecule has 1 amide bonds. The molecule has 1 heterocycles. The van der Waals surface area contributed by atoms with E-state index in [4.69, 9.17) is 0 Å². The molecule has 1 aromatic carbocycles. The molecule has 0 saturated carbocycles. The fourth-order valence-corrected chi connectivity index (χ4v) is 2.74. The average molecular weight is 370 g/mol. The van der Waals surface area contributed by atoms with Gasteiger partial charge in [0, 0.05) is 16.0 Å². The lowest BCUT2D eigenvalue weighted by Gasteiger charge is -2.13. The van der Waals surface area contributed by atoms with Crippen LogP contribution in [-0.4, -0.2) is 22.1 Å².